The van der Waals surface area contributed by atoms with Crippen molar-refractivity contribution in [1.82, 2.24) is 10.2 Å². The number of nitrogens with zero attached hydrogens (tertiary/aromatic N) is 2. The maximum atomic E-state index is 10.0. The van der Waals surface area contributed by atoms with Crippen LogP contribution in [-0.2, 0) is 0 Å². The normalized spacial score (nSPS) is 9.71. The molecule has 6 nitrogen and oxygen atoms in total. The van der Waals surface area contributed by atoms with Crippen LogP contribution in [0.5, 0.6) is 0 Å². The number of unbranched alkanes of at least 4 members (excludes halogenated alkanes) is 9. The predicted molar refractivity (Wildman–Crippen MR) is 100 cm³/mol. The van der Waals surface area contributed by atoms with Crippen molar-refractivity contribution in [1.29, 1.82) is 0 Å². The third-order valence-corrected chi connectivity index (χ3v) is 3.72. The summed E-state index contributed by atoms with van der Waals surface area (Å²) in [6.45, 7) is 2.78. The Bertz CT molecular complexity index is 327. The highest BCUT2D eigenvalue weighted by Crippen LogP contribution is 2.10. The third kappa shape index (κ3) is 20.5. The SMILES string of the molecule is CCCCCCCCCCCCNC(=O)[O-].CN(C)C(N)=[N+](C)C. The highest BCUT2D eigenvalue weighted by atomic mass is 16.4. The molecule has 0 aliphatic rings. The largest absolute Gasteiger partial charge is 0.530 e. The average molecular weight is 345 g/mol. The molecule has 0 radical (unpaired) electrons. The quantitative estimate of drug-likeness (QED) is 0.260. The molecule has 0 fully saturated rings. The van der Waals surface area contributed by atoms with E-state index in [0.29, 0.717) is 6.54 Å². The molecule has 0 atom stereocenters. The second-order valence-electron chi connectivity index (χ2n) is 6.54. The van der Waals surface area contributed by atoms with Gasteiger partial charge in [-0.1, -0.05) is 64.7 Å². The van der Waals surface area contributed by atoms with Crippen molar-refractivity contribution in [3.05, 3.63) is 0 Å². The fourth-order valence-electron chi connectivity index (χ4n) is 2.20. The molecule has 0 heterocycles. The van der Waals surface area contributed by atoms with Gasteiger partial charge in [-0.05, 0) is 6.42 Å². The van der Waals surface area contributed by atoms with Gasteiger partial charge in [0, 0.05) is 6.54 Å². The minimum absolute atomic E-state index is 0.541. The smallest absolute Gasteiger partial charge is 0.344 e. The number of hydrogen-bond donors (Lipinski definition) is 2. The lowest BCUT2D eigenvalue weighted by Gasteiger charge is -2.05. The first-order chi connectivity index (χ1) is 11.3. The molecule has 0 unspecified atom stereocenters. The van der Waals surface area contributed by atoms with Gasteiger partial charge in [0.05, 0.1) is 28.2 Å². The van der Waals surface area contributed by atoms with Gasteiger partial charge in [-0.3, -0.25) is 15.2 Å². The second kappa shape index (κ2) is 17.9. The van der Waals surface area contributed by atoms with Crippen molar-refractivity contribution < 1.29 is 14.5 Å². The summed E-state index contributed by atoms with van der Waals surface area (Å²) in [6, 6.07) is 0. The number of guanidine groups is 1. The van der Waals surface area contributed by atoms with Gasteiger partial charge in [0.1, 0.15) is 6.09 Å². The maximum Gasteiger partial charge on any atom is 0.344 e. The van der Waals surface area contributed by atoms with Crippen molar-refractivity contribution in [3.8, 4) is 0 Å². The molecule has 0 aromatic heterocycles. The molecule has 144 valence electrons. The monoisotopic (exact) mass is 344 g/mol. The van der Waals surface area contributed by atoms with E-state index in [9.17, 15) is 9.90 Å². The molecule has 6 heteroatoms. The Morgan fingerprint density at radius 2 is 1.38 bits per heavy atom. The Hall–Kier alpha value is -1.46. The standard InChI is InChI=1S/C13H27NO2.C5H13N3/c1-2-3-4-5-6-7-8-9-10-11-12-14-13(15)16;1-7(2)5(6)8(3)4/h14H,2-12H2,1H3,(H,15,16);6H,1-4H3. The van der Waals surface area contributed by atoms with Crippen LogP contribution in [0.2, 0.25) is 0 Å². The number of carbonyl (C=O) groups is 1. The van der Waals surface area contributed by atoms with E-state index in [1.54, 1.807) is 0 Å². The highest BCUT2D eigenvalue weighted by molar-refractivity contribution is 5.72. The van der Waals surface area contributed by atoms with Gasteiger partial charge in [-0.25, -0.2) is 0 Å². The first-order valence-electron chi connectivity index (χ1n) is 9.24. The molecular formula is C18H40N4O2. The van der Waals surface area contributed by atoms with E-state index in [1.165, 1.54) is 51.4 Å². The number of hydrogen-bond acceptors (Lipinski definition) is 2. The molecule has 3 N–H and O–H groups in total. The molecule has 0 bridgehead atoms. The van der Waals surface area contributed by atoms with Crippen molar-refractivity contribution in [2.75, 3.05) is 34.7 Å². The van der Waals surface area contributed by atoms with Gasteiger partial charge < -0.3 is 15.2 Å². The molecule has 0 aromatic rings. The Kier molecular flexibility index (Phi) is 18.5. The lowest BCUT2D eigenvalue weighted by atomic mass is 10.1. The molecule has 24 heavy (non-hydrogen) atoms. The Labute approximate surface area is 149 Å². The van der Waals surface area contributed by atoms with E-state index in [4.69, 9.17) is 5.73 Å². The molecule has 1 amide bonds. The summed E-state index contributed by atoms with van der Waals surface area (Å²) in [4.78, 5) is 11.9. The summed E-state index contributed by atoms with van der Waals surface area (Å²) in [5, 5.41) is 12.3. The fraction of sp³-hybridized carbons (Fsp3) is 0.889. The zero-order valence-electron chi connectivity index (χ0n) is 16.6. The minimum atomic E-state index is -1.16. The van der Waals surface area contributed by atoms with Crippen LogP contribution in [0.4, 0.5) is 4.79 Å². The zero-order valence-corrected chi connectivity index (χ0v) is 16.6. The van der Waals surface area contributed by atoms with Crippen LogP contribution in [0.25, 0.3) is 0 Å². The van der Waals surface area contributed by atoms with E-state index in [-0.39, 0.29) is 0 Å². The first-order valence-corrected chi connectivity index (χ1v) is 9.24. The number of nitrogens with one attached hydrogen (secondary N) is 1. The topological polar surface area (TPSA) is 84.4 Å². The number of carbonyl (C=O) groups excluding carboxylic acids is 1. The summed E-state index contributed by atoms with van der Waals surface area (Å²) in [5.41, 5.74) is 5.53. The average Bonchev–Trinajstić information content (AvgIpc) is 2.52. The number of rotatable bonds is 11. The fourth-order valence-corrected chi connectivity index (χ4v) is 2.20. The molecular weight excluding hydrogens is 304 g/mol. The van der Waals surface area contributed by atoms with Crippen molar-refractivity contribution >= 4 is 12.1 Å². The van der Waals surface area contributed by atoms with Crippen molar-refractivity contribution in [3.63, 3.8) is 0 Å². The lowest BCUT2D eigenvalue weighted by molar-refractivity contribution is -0.470. The first kappa shape index (κ1) is 24.8. The van der Waals surface area contributed by atoms with Gasteiger partial charge in [-0.2, -0.15) is 0 Å². The Morgan fingerprint density at radius 3 is 1.67 bits per heavy atom. The number of carboxylic acid groups (broad SMARTS) is 1. The summed E-state index contributed by atoms with van der Waals surface area (Å²) < 4.78 is 1.86. The second-order valence-corrected chi connectivity index (χ2v) is 6.54. The predicted octanol–water partition coefficient (Wildman–Crippen LogP) is 1.98. The summed E-state index contributed by atoms with van der Waals surface area (Å²) in [5.74, 6) is 0.769. The van der Waals surface area contributed by atoms with Crippen molar-refractivity contribution in [2.24, 2.45) is 5.73 Å². The molecule has 0 rings (SSSR count). The molecule has 0 aliphatic carbocycles. The van der Waals surface area contributed by atoms with E-state index in [1.807, 2.05) is 37.7 Å². The third-order valence-electron chi connectivity index (χ3n) is 3.72. The molecule has 0 saturated heterocycles. The van der Waals surface area contributed by atoms with Crippen LogP contribution in [0.1, 0.15) is 71.1 Å². The van der Waals surface area contributed by atoms with Crippen LogP contribution < -0.4 is 16.2 Å². The number of amides is 1. The molecule has 0 aliphatic heterocycles. The van der Waals surface area contributed by atoms with Gasteiger partial charge in [0.2, 0.25) is 0 Å². The number of nitrogens with two attached hydrogens (primary N) is 1. The van der Waals surface area contributed by atoms with Crippen LogP contribution in [-0.4, -0.2) is 56.3 Å². The molecule has 0 aromatic carbocycles. The van der Waals surface area contributed by atoms with Gasteiger partial charge >= 0.3 is 5.96 Å². The van der Waals surface area contributed by atoms with E-state index >= 15 is 0 Å². The van der Waals surface area contributed by atoms with E-state index < -0.39 is 6.09 Å². The highest BCUT2D eigenvalue weighted by Gasteiger charge is 2.00. The van der Waals surface area contributed by atoms with E-state index in [0.717, 1.165) is 18.8 Å². The van der Waals surface area contributed by atoms with Crippen LogP contribution in [0, 0.1) is 0 Å². The Morgan fingerprint density at radius 1 is 0.958 bits per heavy atom. The van der Waals surface area contributed by atoms with Crippen LogP contribution >= 0.6 is 0 Å². The maximum absolute atomic E-state index is 10.0. The lowest BCUT2D eigenvalue weighted by Crippen LogP contribution is -2.36. The van der Waals surface area contributed by atoms with Gasteiger partial charge in [0.15, 0.2) is 0 Å². The summed E-state index contributed by atoms with van der Waals surface area (Å²) in [7, 11) is 7.65. The van der Waals surface area contributed by atoms with E-state index in [2.05, 4.69) is 12.2 Å². The summed E-state index contributed by atoms with van der Waals surface area (Å²) in [6.07, 6.45) is 11.5. The minimum Gasteiger partial charge on any atom is -0.530 e. The van der Waals surface area contributed by atoms with Crippen LogP contribution in [0.15, 0.2) is 0 Å². The van der Waals surface area contributed by atoms with Crippen molar-refractivity contribution in [2.45, 2.75) is 71.1 Å². The van der Waals surface area contributed by atoms with Gasteiger partial charge in [-0.15, -0.1) is 0 Å². The van der Waals surface area contributed by atoms with Crippen LogP contribution in [0.3, 0.4) is 0 Å². The zero-order chi connectivity index (χ0) is 18.8. The summed E-state index contributed by atoms with van der Waals surface area (Å²) >= 11 is 0. The molecule has 0 spiro atoms. The molecule has 0 saturated carbocycles. The Balaban J connectivity index is 0. The van der Waals surface area contributed by atoms with Gasteiger partial charge in [0.25, 0.3) is 0 Å².